The largest absolute Gasteiger partial charge is 0.493 e. The zero-order chi connectivity index (χ0) is 18.7. The first-order chi connectivity index (χ1) is 12.6. The van der Waals surface area contributed by atoms with Gasteiger partial charge in [0.25, 0.3) is 0 Å². The summed E-state index contributed by atoms with van der Waals surface area (Å²) in [5, 5.41) is 8.85. The van der Waals surface area contributed by atoms with Crippen molar-refractivity contribution in [2.45, 2.75) is 13.3 Å². The first-order valence-electron chi connectivity index (χ1n) is 8.20. The van der Waals surface area contributed by atoms with Gasteiger partial charge in [0.2, 0.25) is 0 Å². The summed E-state index contributed by atoms with van der Waals surface area (Å²) in [6.45, 7) is 1.96. The van der Waals surface area contributed by atoms with Crippen molar-refractivity contribution in [2.24, 2.45) is 10.2 Å². The van der Waals surface area contributed by atoms with E-state index in [1.807, 2.05) is 37.3 Å². The maximum Gasteiger partial charge on any atom is 0.161 e. The van der Waals surface area contributed by atoms with Crippen molar-refractivity contribution in [3.8, 4) is 23.0 Å². The minimum atomic E-state index is 0.639. The van der Waals surface area contributed by atoms with Crippen LogP contribution in [0.15, 0.2) is 40.5 Å². The van der Waals surface area contributed by atoms with E-state index >= 15 is 0 Å². The van der Waals surface area contributed by atoms with Gasteiger partial charge in [-0.05, 0) is 42.8 Å². The molecule has 0 aliphatic carbocycles. The van der Waals surface area contributed by atoms with Gasteiger partial charge in [0, 0.05) is 23.3 Å². The first-order valence-corrected chi connectivity index (χ1v) is 8.20. The average molecular weight is 354 g/mol. The van der Waals surface area contributed by atoms with Crippen LogP contribution in [0.2, 0.25) is 0 Å². The predicted molar refractivity (Wildman–Crippen MR) is 102 cm³/mol. The molecule has 0 saturated heterocycles. The van der Waals surface area contributed by atoms with Crippen molar-refractivity contribution in [3.63, 3.8) is 0 Å². The topological polar surface area (TPSA) is 61.6 Å². The Bertz CT molecular complexity index is 888. The number of rotatable bonds is 5. The van der Waals surface area contributed by atoms with Gasteiger partial charge in [0.05, 0.1) is 28.4 Å². The third-order valence-corrected chi connectivity index (χ3v) is 4.29. The Kier molecular flexibility index (Phi) is 5.11. The van der Waals surface area contributed by atoms with E-state index in [2.05, 4.69) is 10.2 Å². The number of nitrogens with zero attached hydrogens (tertiary/aromatic N) is 2. The summed E-state index contributed by atoms with van der Waals surface area (Å²) in [5.41, 5.74) is 4.59. The monoisotopic (exact) mass is 354 g/mol. The van der Waals surface area contributed by atoms with Crippen LogP contribution in [0.1, 0.15) is 23.6 Å². The van der Waals surface area contributed by atoms with Crippen LogP contribution in [0, 0.1) is 0 Å². The fourth-order valence-electron chi connectivity index (χ4n) is 2.98. The Morgan fingerprint density at radius 2 is 1.35 bits per heavy atom. The number of benzene rings is 2. The van der Waals surface area contributed by atoms with Crippen LogP contribution in [0.3, 0.4) is 0 Å². The molecule has 3 rings (SSSR count). The van der Waals surface area contributed by atoms with E-state index in [4.69, 9.17) is 18.9 Å². The summed E-state index contributed by atoms with van der Waals surface area (Å²) in [7, 11) is 6.47. The Labute approximate surface area is 153 Å². The zero-order valence-electron chi connectivity index (χ0n) is 15.6. The smallest absolute Gasteiger partial charge is 0.161 e. The fourth-order valence-corrected chi connectivity index (χ4v) is 2.98. The van der Waals surface area contributed by atoms with E-state index in [9.17, 15) is 0 Å². The molecule has 0 saturated carbocycles. The SMILES string of the molecule is COc1ccc(C2=NN=C(C)Cc3cc(OC)c(OC)cc32)cc1OC. The van der Waals surface area contributed by atoms with Gasteiger partial charge in [-0.15, -0.1) is 5.10 Å². The Hall–Kier alpha value is -3.02. The second-order valence-electron chi connectivity index (χ2n) is 5.89. The van der Waals surface area contributed by atoms with Gasteiger partial charge in [-0.1, -0.05) is 0 Å². The maximum absolute atomic E-state index is 5.47. The van der Waals surface area contributed by atoms with E-state index in [1.54, 1.807) is 28.4 Å². The molecule has 0 radical (unpaired) electrons. The lowest BCUT2D eigenvalue weighted by Gasteiger charge is -2.15. The summed E-state index contributed by atoms with van der Waals surface area (Å²) in [5.74, 6) is 2.64. The second kappa shape index (κ2) is 7.47. The standard InChI is InChI=1S/C20H22N2O4/c1-12-8-14-10-18(25-4)19(26-5)11-15(14)20(22-21-12)13-6-7-16(23-2)17(9-13)24-3/h6-7,9-11H,8H2,1-5H3. The lowest BCUT2D eigenvalue weighted by atomic mass is 9.94. The van der Waals surface area contributed by atoms with Crippen LogP contribution in [0.5, 0.6) is 23.0 Å². The molecule has 1 heterocycles. The average Bonchev–Trinajstić information content (AvgIpc) is 2.83. The van der Waals surface area contributed by atoms with Gasteiger partial charge in [0.15, 0.2) is 23.0 Å². The van der Waals surface area contributed by atoms with E-state index in [-0.39, 0.29) is 0 Å². The van der Waals surface area contributed by atoms with Gasteiger partial charge in [0.1, 0.15) is 5.71 Å². The molecule has 26 heavy (non-hydrogen) atoms. The van der Waals surface area contributed by atoms with Crippen LogP contribution in [-0.4, -0.2) is 39.9 Å². The first kappa shape index (κ1) is 17.8. The van der Waals surface area contributed by atoms with E-state index in [0.717, 1.165) is 28.1 Å². The molecule has 0 bridgehead atoms. The highest BCUT2D eigenvalue weighted by atomic mass is 16.5. The summed E-state index contributed by atoms with van der Waals surface area (Å²) in [6, 6.07) is 9.62. The molecular weight excluding hydrogens is 332 g/mol. The summed E-state index contributed by atoms with van der Waals surface area (Å²) in [6.07, 6.45) is 0.690. The Balaban J connectivity index is 2.20. The third-order valence-electron chi connectivity index (χ3n) is 4.29. The van der Waals surface area contributed by atoms with Crippen molar-refractivity contribution in [3.05, 3.63) is 47.0 Å². The second-order valence-corrected chi connectivity index (χ2v) is 5.89. The molecule has 0 atom stereocenters. The lowest BCUT2D eigenvalue weighted by Crippen LogP contribution is -2.08. The number of hydrogen-bond acceptors (Lipinski definition) is 6. The van der Waals surface area contributed by atoms with Crippen LogP contribution in [0.25, 0.3) is 0 Å². The molecule has 0 spiro atoms. The number of methoxy groups -OCH3 is 4. The highest BCUT2D eigenvalue weighted by Crippen LogP contribution is 2.35. The minimum absolute atomic E-state index is 0.639. The predicted octanol–water partition coefficient (Wildman–Crippen LogP) is 3.49. The maximum atomic E-state index is 5.47. The van der Waals surface area contributed by atoms with E-state index in [1.165, 1.54) is 0 Å². The van der Waals surface area contributed by atoms with Crippen LogP contribution < -0.4 is 18.9 Å². The zero-order valence-corrected chi connectivity index (χ0v) is 15.6. The van der Waals surface area contributed by atoms with Crippen molar-refractivity contribution in [1.29, 1.82) is 0 Å². The third kappa shape index (κ3) is 3.22. The molecule has 1 aliphatic heterocycles. The summed E-state index contributed by atoms with van der Waals surface area (Å²) >= 11 is 0. The molecule has 0 fully saturated rings. The number of ether oxygens (including phenoxy) is 4. The molecular formula is C20H22N2O4. The number of fused-ring (bicyclic) bond motifs is 1. The molecule has 6 nitrogen and oxygen atoms in total. The van der Waals surface area contributed by atoms with Crippen molar-refractivity contribution >= 4 is 11.4 Å². The minimum Gasteiger partial charge on any atom is -0.493 e. The molecule has 0 unspecified atom stereocenters. The molecule has 2 aromatic rings. The van der Waals surface area contributed by atoms with Gasteiger partial charge in [-0.25, -0.2) is 0 Å². The van der Waals surface area contributed by atoms with Gasteiger partial charge in [-0.3, -0.25) is 0 Å². The highest BCUT2D eigenvalue weighted by Gasteiger charge is 2.20. The number of hydrogen-bond donors (Lipinski definition) is 0. The van der Waals surface area contributed by atoms with Crippen molar-refractivity contribution in [2.75, 3.05) is 28.4 Å². The van der Waals surface area contributed by atoms with Crippen molar-refractivity contribution in [1.82, 2.24) is 0 Å². The quantitative estimate of drug-likeness (QED) is 0.825. The van der Waals surface area contributed by atoms with Gasteiger partial charge in [-0.2, -0.15) is 5.10 Å². The highest BCUT2D eigenvalue weighted by molar-refractivity contribution is 6.15. The molecule has 0 aromatic heterocycles. The van der Waals surface area contributed by atoms with E-state index < -0.39 is 0 Å². The normalized spacial score (nSPS) is 13.1. The fraction of sp³-hybridized carbons (Fsp3) is 0.300. The summed E-state index contributed by atoms with van der Waals surface area (Å²) in [4.78, 5) is 0. The molecule has 1 aliphatic rings. The Morgan fingerprint density at radius 3 is 2.00 bits per heavy atom. The van der Waals surface area contributed by atoms with Crippen molar-refractivity contribution < 1.29 is 18.9 Å². The molecule has 6 heteroatoms. The van der Waals surface area contributed by atoms with Crippen LogP contribution in [-0.2, 0) is 6.42 Å². The van der Waals surface area contributed by atoms with Gasteiger partial charge < -0.3 is 18.9 Å². The summed E-state index contributed by atoms with van der Waals surface area (Å²) < 4.78 is 21.7. The van der Waals surface area contributed by atoms with Gasteiger partial charge >= 0.3 is 0 Å². The van der Waals surface area contributed by atoms with Crippen LogP contribution >= 0.6 is 0 Å². The molecule has 0 amide bonds. The molecule has 136 valence electrons. The Morgan fingerprint density at radius 1 is 0.731 bits per heavy atom. The van der Waals surface area contributed by atoms with E-state index in [0.29, 0.717) is 29.4 Å². The lowest BCUT2D eigenvalue weighted by molar-refractivity contribution is 0.354. The van der Waals surface area contributed by atoms with Crippen LogP contribution in [0.4, 0.5) is 0 Å². The molecule has 0 N–H and O–H groups in total. The molecule has 2 aromatic carbocycles.